The molecule has 0 fully saturated rings. The number of hydrogen-bond donors (Lipinski definition) is 0. The summed E-state index contributed by atoms with van der Waals surface area (Å²) in [6.45, 7) is 8.82. The Bertz CT molecular complexity index is 561. The number of aryl methyl sites for hydroxylation is 1. The Kier molecular flexibility index (Phi) is 4.55. The Hall–Kier alpha value is -1.27. The quantitative estimate of drug-likeness (QED) is 0.624. The van der Waals surface area contributed by atoms with Crippen LogP contribution in [0.25, 0.3) is 0 Å². The number of alkyl halides is 1. The molecule has 0 bridgehead atoms. The molecule has 0 saturated heterocycles. The fourth-order valence-corrected chi connectivity index (χ4v) is 2.86. The van der Waals surface area contributed by atoms with Crippen molar-refractivity contribution in [3.8, 4) is 0 Å². The molecule has 0 nitrogen and oxygen atoms in total. The van der Waals surface area contributed by atoms with Crippen LogP contribution in [0.5, 0.6) is 0 Å². The predicted molar refractivity (Wildman–Crippen MR) is 88.6 cm³/mol. The zero-order valence-electron chi connectivity index (χ0n) is 12.8. The van der Waals surface area contributed by atoms with Crippen molar-refractivity contribution in [2.24, 2.45) is 0 Å². The third kappa shape index (κ3) is 3.64. The smallest absolute Gasteiger partial charge is 0.0628 e. The van der Waals surface area contributed by atoms with E-state index in [1.807, 2.05) is 0 Å². The van der Waals surface area contributed by atoms with Gasteiger partial charge in [0.2, 0.25) is 0 Å². The summed E-state index contributed by atoms with van der Waals surface area (Å²) < 4.78 is 0. The lowest BCUT2D eigenvalue weighted by atomic mass is 9.82. The van der Waals surface area contributed by atoms with E-state index < -0.39 is 0 Å². The second kappa shape index (κ2) is 6.01. The van der Waals surface area contributed by atoms with Crippen LogP contribution in [0.4, 0.5) is 0 Å². The second-order valence-corrected chi connectivity index (χ2v) is 7.02. The highest BCUT2D eigenvalue weighted by atomic mass is 35.5. The second-order valence-electron chi connectivity index (χ2n) is 6.49. The van der Waals surface area contributed by atoms with Crippen molar-refractivity contribution in [1.82, 2.24) is 0 Å². The van der Waals surface area contributed by atoms with Crippen molar-refractivity contribution in [3.63, 3.8) is 0 Å². The van der Waals surface area contributed by atoms with Gasteiger partial charge in [0.1, 0.15) is 0 Å². The standard InChI is InChI=1S/C19H23Cl/c1-14-9-11-15(12-10-14)13-18(20)16-7-5-6-8-17(16)19(2,3)4/h5-12,18H,13H2,1-4H3. The fraction of sp³-hybridized carbons (Fsp3) is 0.368. The van der Waals surface area contributed by atoms with Gasteiger partial charge in [0.05, 0.1) is 5.38 Å². The highest BCUT2D eigenvalue weighted by Crippen LogP contribution is 2.34. The largest absolute Gasteiger partial charge is 0.117 e. The Labute approximate surface area is 127 Å². The lowest BCUT2D eigenvalue weighted by Gasteiger charge is -2.25. The van der Waals surface area contributed by atoms with Gasteiger partial charge < -0.3 is 0 Å². The normalized spacial score (nSPS) is 13.2. The summed E-state index contributed by atoms with van der Waals surface area (Å²) >= 11 is 6.69. The van der Waals surface area contributed by atoms with Crippen LogP contribution in [-0.4, -0.2) is 0 Å². The molecule has 2 aromatic carbocycles. The van der Waals surface area contributed by atoms with Gasteiger partial charge in [-0.1, -0.05) is 74.9 Å². The zero-order valence-corrected chi connectivity index (χ0v) is 13.5. The number of hydrogen-bond acceptors (Lipinski definition) is 0. The van der Waals surface area contributed by atoms with Crippen LogP contribution < -0.4 is 0 Å². The van der Waals surface area contributed by atoms with E-state index in [0.717, 1.165) is 6.42 Å². The van der Waals surface area contributed by atoms with Crippen LogP contribution >= 0.6 is 11.6 Å². The van der Waals surface area contributed by atoms with E-state index in [4.69, 9.17) is 11.6 Å². The van der Waals surface area contributed by atoms with E-state index in [0.29, 0.717) is 0 Å². The minimum atomic E-state index is 0.0214. The molecule has 0 aliphatic rings. The van der Waals surface area contributed by atoms with Crippen molar-refractivity contribution >= 4 is 11.6 Å². The molecule has 0 aliphatic carbocycles. The number of rotatable bonds is 3. The molecular weight excluding hydrogens is 264 g/mol. The van der Waals surface area contributed by atoms with Crippen LogP contribution in [0.1, 0.15) is 48.4 Å². The van der Waals surface area contributed by atoms with E-state index in [1.54, 1.807) is 0 Å². The van der Waals surface area contributed by atoms with Crippen LogP contribution in [0.2, 0.25) is 0 Å². The van der Waals surface area contributed by atoms with Crippen LogP contribution in [0.3, 0.4) is 0 Å². The van der Waals surface area contributed by atoms with E-state index in [9.17, 15) is 0 Å². The van der Waals surface area contributed by atoms with E-state index in [-0.39, 0.29) is 10.8 Å². The molecule has 0 aliphatic heterocycles. The summed E-state index contributed by atoms with van der Waals surface area (Å²) in [6, 6.07) is 17.2. The molecule has 1 atom stereocenters. The molecule has 20 heavy (non-hydrogen) atoms. The maximum absolute atomic E-state index is 6.69. The number of benzene rings is 2. The minimum absolute atomic E-state index is 0.0214. The molecular formula is C19H23Cl. The molecule has 0 spiro atoms. The van der Waals surface area contributed by atoms with Gasteiger partial charge in [-0.05, 0) is 35.4 Å². The Morgan fingerprint density at radius 1 is 0.950 bits per heavy atom. The van der Waals surface area contributed by atoms with Crippen molar-refractivity contribution < 1.29 is 0 Å². The van der Waals surface area contributed by atoms with Gasteiger partial charge in [-0.15, -0.1) is 11.6 Å². The Balaban J connectivity index is 2.25. The van der Waals surface area contributed by atoms with E-state index in [1.165, 1.54) is 22.3 Å². The van der Waals surface area contributed by atoms with Gasteiger partial charge in [-0.25, -0.2) is 0 Å². The summed E-state index contributed by atoms with van der Waals surface area (Å²) in [5.41, 5.74) is 5.29. The Morgan fingerprint density at radius 3 is 2.15 bits per heavy atom. The van der Waals surface area contributed by atoms with E-state index >= 15 is 0 Å². The molecule has 0 amide bonds. The van der Waals surface area contributed by atoms with Crippen molar-refractivity contribution in [2.75, 3.05) is 0 Å². The first-order valence-electron chi connectivity index (χ1n) is 7.17. The third-order valence-electron chi connectivity index (χ3n) is 3.64. The average molecular weight is 287 g/mol. The van der Waals surface area contributed by atoms with Crippen molar-refractivity contribution in [2.45, 2.75) is 44.9 Å². The lowest BCUT2D eigenvalue weighted by Crippen LogP contribution is -2.15. The van der Waals surface area contributed by atoms with Crippen LogP contribution in [0, 0.1) is 6.92 Å². The van der Waals surface area contributed by atoms with Crippen LogP contribution in [0.15, 0.2) is 48.5 Å². The fourth-order valence-electron chi connectivity index (χ4n) is 2.49. The first-order chi connectivity index (χ1) is 9.38. The predicted octanol–water partition coefficient (Wildman–Crippen LogP) is 5.82. The van der Waals surface area contributed by atoms with Gasteiger partial charge in [-0.3, -0.25) is 0 Å². The Morgan fingerprint density at radius 2 is 1.55 bits per heavy atom. The first-order valence-corrected chi connectivity index (χ1v) is 7.60. The SMILES string of the molecule is Cc1ccc(CC(Cl)c2ccccc2C(C)(C)C)cc1. The van der Waals surface area contributed by atoms with E-state index in [2.05, 4.69) is 76.2 Å². The van der Waals surface area contributed by atoms with Gasteiger partial charge >= 0.3 is 0 Å². The van der Waals surface area contributed by atoms with Gasteiger partial charge in [-0.2, -0.15) is 0 Å². The molecule has 0 heterocycles. The molecule has 0 N–H and O–H groups in total. The average Bonchev–Trinajstić information content (AvgIpc) is 2.40. The van der Waals surface area contributed by atoms with Gasteiger partial charge in [0.25, 0.3) is 0 Å². The molecule has 1 unspecified atom stereocenters. The lowest BCUT2D eigenvalue weighted by molar-refractivity contribution is 0.580. The summed E-state index contributed by atoms with van der Waals surface area (Å²) in [5, 5.41) is 0.0214. The molecule has 106 valence electrons. The molecule has 2 rings (SSSR count). The summed E-state index contributed by atoms with van der Waals surface area (Å²) in [6.07, 6.45) is 0.870. The first kappa shape index (κ1) is 15.1. The molecule has 0 aromatic heterocycles. The van der Waals surface area contributed by atoms with Crippen molar-refractivity contribution in [3.05, 3.63) is 70.8 Å². The third-order valence-corrected chi connectivity index (χ3v) is 4.03. The highest BCUT2D eigenvalue weighted by molar-refractivity contribution is 6.21. The summed E-state index contributed by atoms with van der Waals surface area (Å²) in [4.78, 5) is 0. The van der Waals surface area contributed by atoms with Gasteiger partial charge in [0, 0.05) is 0 Å². The summed E-state index contributed by atoms with van der Waals surface area (Å²) in [7, 11) is 0. The van der Waals surface area contributed by atoms with Crippen molar-refractivity contribution in [1.29, 1.82) is 0 Å². The monoisotopic (exact) mass is 286 g/mol. The molecule has 2 aromatic rings. The van der Waals surface area contributed by atoms with Gasteiger partial charge in [0.15, 0.2) is 0 Å². The molecule has 1 heteroatoms. The zero-order chi connectivity index (χ0) is 14.8. The maximum Gasteiger partial charge on any atom is 0.0628 e. The maximum atomic E-state index is 6.69. The molecule has 0 saturated carbocycles. The topological polar surface area (TPSA) is 0 Å². The number of halogens is 1. The van der Waals surface area contributed by atoms with Crippen LogP contribution in [-0.2, 0) is 11.8 Å². The minimum Gasteiger partial charge on any atom is -0.117 e. The summed E-state index contributed by atoms with van der Waals surface area (Å²) in [5.74, 6) is 0. The highest BCUT2D eigenvalue weighted by Gasteiger charge is 2.21. The molecule has 0 radical (unpaired) electrons.